The van der Waals surface area contributed by atoms with Gasteiger partial charge in [-0.05, 0) is 85.3 Å². The van der Waals surface area contributed by atoms with E-state index in [-0.39, 0.29) is 30.5 Å². The number of phenols is 1. The highest BCUT2D eigenvalue weighted by Gasteiger charge is 2.41. The summed E-state index contributed by atoms with van der Waals surface area (Å²) < 4.78 is 28.2. The van der Waals surface area contributed by atoms with E-state index in [1.807, 2.05) is 55.5 Å². The number of carbonyl (C=O) groups is 2. The number of alkyl carbamates (subject to hydrolysis) is 1. The van der Waals surface area contributed by atoms with E-state index in [9.17, 15) is 29.7 Å². The highest BCUT2D eigenvalue weighted by molar-refractivity contribution is 5.87. The van der Waals surface area contributed by atoms with Gasteiger partial charge in [-0.15, -0.1) is 0 Å². The van der Waals surface area contributed by atoms with Gasteiger partial charge in [-0.3, -0.25) is 14.5 Å². The SMILES string of the molecule is CCCC(NC[C@H](O)c1ccc(O)c2[nH]c(=O)ccc12)C1(COc2cccc(C(NC(=O)O[C@H]3CN4CCC3CC4)c3ccccc3)c2)C=CC(C(=O)O)C(F)=C1. The van der Waals surface area contributed by atoms with Gasteiger partial charge in [0.15, 0.2) is 0 Å². The first kappa shape index (κ1) is 39.7. The number of piperidine rings is 3. The lowest BCUT2D eigenvalue weighted by Gasteiger charge is -2.43. The van der Waals surface area contributed by atoms with Crippen molar-refractivity contribution in [2.24, 2.45) is 17.3 Å². The molecule has 57 heavy (non-hydrogen) atoms. The Morgan fingerprint density at radius 2 is 1.81 bits per heavy atom. The van der Waals surface area contributed by atoms with Gasteiger partial charge >= 0.3 is 12.1 Å². The van der Waals surface area contributed by atoms with E-state index >= 15 is 4.39 Å². The molecule has 3 aliphatic heterocycles. The number of aliphatic carboxylic acids is 1. The first-order chi connectivity index (χ1) is 27.5. The second-order valence-corrected chi connectivity index (χ2v) is 15.3. The summed E-state index contributed by atoms with van der Waals surface area (Å²) in [4.78, 5) is 42.2. The molecule has 6 N–H and O–H groups in total. The van der Waals surface area contributed by atoms with Crippen molar-refractivity contribution in [3.05, 3.63) is 130 Å². The molecule has 4 aromatic rings. The predicted octanol–water partition coefficient (Wildman–Crippen LogP) is 6.12. The molecule has 8 rings (SSSR count). The molecule has 3 saturated heterocycles. The fourth-order valence-corrected chi connectivity index (χ4v) is 8.46. The predicted molar refractivity (Wildman–Crippen MR) is 213 cm³/mol. The van der Waals surface area contributed by atoms with E-state index < -0.39 is 53.0 Å². The minimum atomic E-state index is -1.45. The van der Waals surface area contributed by atoms with Crippen molar-refractivity contribution in [3.8, 4) is 11.5 Å². The van der Waals surface area contributed by atoms with Crippen LogP contribution in [0.15, 0.2) is 108 Å². The number of aromatic nitrogens is 1. The molecule has 6 atom stereocenters. The van der Waals surface area contributed by atoms with Gasteiger partial charge in [0.2, 0.25) is 5.56 Å². The molecule has 3 fully saturated rings. The molecule has 13 heteroatoms. The molecule has 1 aromatic heterocycles. The van der Waals surface area contributed by atoms with Crippen LogP contribution in [-0.2, 0) is 9.53 Å². The number of aliphatic hydroxyl groups is 1. The average Bonchev–Trinajstić information content (AvgIpc) is 3.21. The van der Waals surface area contributed by atoms with Gasteiger partial charge in [0.1, 0.15) is 36.0 Å². The Labute approximate surface area is 330 Å². The third kappa shape index (κ3) is 8.90. The number of hydrogen-bond acceptors (Lipinski definition) is 9. The summed E-state index contributed by atoms with van der Waals surface area (Å²) in [5, 5.41) is 38.4. The monoisotopic (exact) mass is 780 g/mol. The van der Waals surface area contributed by atoms with Crippen LogP contribution in [0.2, 0.25) is 0 Å². The minimum Gasteiger partial charge on any atom is -0.506 e. The Morgan fingerprint density at radius 1 is 1.04 bits per heavy atom. The van der Waals surface area contributed by atoms with Gasteiger partial charge in [0.25, 0.3) is 0 Å². The van der Waals surface area contributed by atoms with Gasteiger partial charge in [-0.25, -0.2) is 9.18 Å². The molecule has 3 aromatic carbocycles. The number of ether oxygens (including phenoxy) is 2. The zero-order valence-corrected chi connectivity index (χ0v) is 31.8. The Kier molecular flexibility index (Phi) is 12.1. The number of aliphatic hydroxyl groups excluding tert-OH is 1. The number of benzene rings is 3. The normalized spacial score (nSPS) is 24.3. The number of carbonyl (C=O) groups excluding carboxylic acids is 1. The van der Waals surface area contributed by atoms with Crippen molar-refractivity contribution in [2.45, 2.75) is 56.9 Å². The van der Waals surface area contributed by atoms with Crippen LogP contribution in [0.1, 0.15) is 61.4 Å². The van der Waals surface area contributed by atoms with E-state index in [1.54, 1.807) is 18.2 Å². The fourth-order valence-electron chi connectivity index (χ4n) is 8.46. The number of halogens is 1. The lowest BCUT2D eigenvalue weighted by Crippen LogP contribution is -2.52. The maximum absolute atomic E-state index is 15.7. The molecule has 2 bridgehead atoms. The largest absolute Gasteiger partial charge is 0.506 e. The van der Waals surface area contributed by atoms with Gasteiger partial charge in [0.05, 0.1) is 23.1 Å². The number of amides is 1. The Bertz CT molecular complexity index is 2190. The fraction of sp³-hybridized carbons (Fsp3) is 0.386. The molecule has 0 saturated carbocycles. The number of hydrogen-bond donors (Lipinski definition) is 6. The third-order valence-corrected chi connectivity index (χ3v) is 11.5. The van der Waals surface area contributed by atoms with Crippen LogP contribution in [0.25, 0.3) is 10.9 Å². The van der Waals surface area contributed by atoms with Crippen LogP contribution < -0.4 is 20.9 Å². The average molecular weight is 781 g/mol. The summed E-state index contributed by atoms with van der Waals surface area (Å²) in [6.07, 6.45) is 5.74. The highest BCUT2D eigenvalue weighted by Crippen LogP contribution is 2.39. The summed E-state index contributed by atoms with van der Waals surface area (Å²) in [6.45, 7) is 4.69. The molecule has 300 valence electrons. The van der Waals surface area contributed by atoms with Gasteiger partial charge in [0, 0.05) is 30.6 Å². The molecule has 4 aliphatic rings. The summed E-state index contributed by atoms with van der Waals surface area (Å²) in [5.74, 6) is -2.92. The zero-order valence-electron chi connectivity index (χ0n) is 31.8. The summed E-state index contributed by atoms with van der Waals surface area (Å²) in [5.41, 5.74) is 0.664. The summed E-state index contributed by atoms with van der Waals surface area (Å²) >= 11 is 0. The number of aromatic amines is 1. The maximum atomic E-state index is 15.7. The van der Waals surface area contributed by atoms with Crippen molar-refractivity contribution in [3.63, 3.8) is 0 Å². The first-order valence-corrected chi connectivity index (χ1v) is 19.6. The molecule has 0 radical (unpaired) electrons. The van der Waals surface area contributed by atoms with Crippen molar-refractivity contribution in [1.29, 1.82) is 0 Å². The molecule has 0 spiro atoms. The molecular weight excluding hydrogens is 732 g/mol. The minimum absolute atomic E-state index is 0.00667. The van der Waals surface area contributed by atoms with Gasteiger partial charge in [-0.1, -0.05) is 74.0 Å². The number of pyridine rings is 1. The second-order valence-electron chi connectivity index (χ2n) is 15.3. The number of aromatic hydroxyl groups is 1. The highest BCUT2D eigenvalue weighted by atomic mass is 19.1. The number of fused-ring (bicyclic) bond motifs is 4. The van der Waals surface area contributed by atoms with Gasteiger partial charge in [-0.2, -0.15) is 0 Å². The summed E-state index contributed by atoms with van der Waals surface area (Å²) in [6, 6.07) is 21.6. The Morgan fingerprint density at radius 3 is 2.51 bits per heavy atom. The molecular formula is C44H49FN4O8. The molecule has 12 nitrogen and oxygen atoms in total. The smallest absolute Gasteiger partial charge is 0.408 e. The van der Waals surface area contributed by atoms with Crippen LogP contribution in [0.5, 0.6) is 11.5 Å². The maximum Gasteiger partial charge on any atom is 0.408 e. The van der Waals surface area contributed by atoms with Crippen LogP contribution in [0.4, 0.5) is 9.18 Å². The summed E-state index contributed by atoms with van der Waals surface area (Å²) in [7, 11) is 0. The van der Waals surface area contributed by atoms with E-state index in [0.717, 1.165) is 43.6 Å². The Balaban J connectivity index is 1.12. The number of nitrogens with zero attached hydrogens (tertiary/aromatic N) is 1. The van der Waals surface area contributed by atoms with Crippen molar-refractivity contribution in [1.82, 2.24) is 20.5 Å². The number of nitrogens with one attached hydrogen (secondary N) is 3. The van der Waals surface area contributed by atoms with Gasteiger partial charge < -0.3 is 40.4 Å². The molecule has 4 unspecified atom stereocenters. The lowest BCUT2D eigenvalue weighted by molar-refractivity contribution is -0.139. The number of carboxylic acid groups (broad SMARTS) is 1. The standard InChI is InChI=1S/C44H49FN4O8/c1-2-7-38(46-24-36(51)31-12-14-35(50)41-32(31)13-15-39(52)47-41)44(19-16-33(42(53)54)34(45)23-44)26-56-30-11-6-10-29(22-30)40(28-8-4-3-5-9-28)48-43(55)57-37-25-49-20-17-27(37)18-21-49/h3-6,8-16,19,22-23,27,33,36-38,40,46,50-51H,2,7,17-18,20-21,24-26H2,1H3,(H,47,52)(H,48,55)(H,53,54)/t33?,36-,37-,38?,40?,44?/m0/s1. The number of carboxylic acids is 1. The number of phenolic OH excluding ortho intramolecular Hbond substituents is 1. The van der Waals surface area contributed by atoms with E-state index in [0.29, 0.717) is 35.5 Å². The van der Waals surface area contributed by atoms with Crippen LogP contribution in [-0.4, -0.2) is 82.2 Å². The quantitative estimate of drug-likeness (QED) is 0.0772. The van der Waals surface area contributed by atoms with Crippen molar-refractivity contribution >= 4 is 23.0 Å². The number of H-pyrrole nitrogens is 1. The van der Waals surface area contributed by atoms with E-state index in [2.05, 4.69) is 20.5 Å². The molecule has 1 amide bonds. The lowest BCUT2D eigenvalue weighted by atomic mass is 9.74. The molecule has 4 heterocycles. The van der Waals surface area contributed by atoms with E-state index in [4.69, 9.17) is 9.47 Å². The van der Waals surface area contributed by atoms with E-state index in [1.165, 1.54) is 30.4 Å². The van der Waals surface area contributed by atoms with Crippen LogP contribution in [0, 0.1) is 17.3 Å². The van der Waals surface area contributed by atoms with Crippen LogP contribution >= 0.6 is 0 Å². The number of rotatable bonds is 15. The first-order valence-electron chi connectivity index (χ1n) is 19.6. The topological polar surface area (TPSA) is 173 Å². The van der Waals surface area contributed by atoms with Crippen molar-refractivity contribution < 1.29 is 38.8 Å². The Hall–Kier alpha value is -5.50. The third-order valence-electron chi connectivity index (χ3n) is 11.5. The molecule has 1 aliphatic carbocycles. The second kappa shape index (κ2) is 17.3. The van der Waals surface area contributed by atoms with Crippen LogP contribution in [0.3, 0.4) is 0 Å². The zero-order chi connectivity index (χ0) is 40.1. The van der Waals surface area contributed by atoms with Crippen molar-refractivity contribution in [2.75, 3.05) is 32.8 Å².